The van der Waals surface area contributed by atoms with Crippen molar-refractivity contribution in [3.05, 3.63) is 11.6 Å². The summed E-state index contributed by atoms with van der Waals surface area (Å²) >= 11 is 0. The van der Waals surface area contributed by atoms with Crippen LogP contribution in [-0.4, -0.2) is 206 Å². The van der Waals surface area contributed by atoms with Gasteiger partial charge in [-0.05, 0) is 106 Å². The van der Waals surface area contributed by atoms with E-state index in [2.05, 4.69) is 33.8 Å². The highest BCUT2D eigenvalue weighted by Gasteiger charge is 2.69. The number of hydrogen-bond donors (Lipinski definition) is 10. The summed E-state index contributed by atoms with van der Waals surface area (Å²) in [5.41, 5.74) is 1.44. The highest BCUT2D eigenvalue weighted by molar-refractivity contribution is 5.26. The lowest BCUT2D eigenvalue weighted by Crippen LogP contribution is -2.65. The van der Waals surface area contributed by atoms with Crippen LogP contribution in [0.2, 0.25) is 0 Å². The van der Waals surface area contributed by atoms with Crippen molar-refractivity contribution in [2.24, 2.45) is 46.3 Å². The highest BCUT2D eigenvalue weighted by Crippen LogP contribution is 2.70. The summed E-state index contributed by atoms with van der Waals surface area (Å²) in [5, 5.41) is 108. The number of fused-ring (bicyclic) bond motifs is 7. The van der Waals surface area contributed by atoms with Crippen molar-refractivity contribution in [2.75, 3.05) is 19.8 Å². The quantitative estimate of drug-likeness (QED) is 0.126. The molecule has 9 fully saturated rings. The molecule has 0 aromatic carbocycles. The number of hydrogen-bond acceptors (Lipinski definition) is 20. The molecule has 400 valence electrons. The maximum atomic E-state index is 12.2. The first-order chi connectivity index (χ1) is 33.2. The summed E-state index contributed by atoms with van der Waals surface area (Å²) in [5.74, 6) is 2.48. The fraction of sp³-hybridized carbons (Fsp3) is 0.960. The van der Waals surface area contributed by atoms with Crippen LogP contribution in [0.3, 0.4) is 0 Å². The van der Waals surface area contributed by atoms with E-state index in [1.54, 1.807) is 0 Å². The molecule has 0 bridgehead atoms. The molecule has 70 heavy (non-hydrogen) atoms. The first-order valence-corrected chi connectivity index (χ1v) is 26.1. The fourth-order valence-corrected chi connectivity index (χ4v) is 15.2. The van der Waals surface area contributed by atoms with Gasteiger partial charge in [-0.2, -0.15) is 0 Å². The second-order valence-electron chi connectivity index (χ2n) is 23.4. The Labute approximate surface area is 409 Å². The van der Waals surface area contributed by atoms with Gasteiger partial charge in [0.1, 0.15) is 79.4 Å². The molecular formula is C50H80O20. The summed E-state index contributed by atoms with van der Waals surface area (Å²) in [6, 6.07) is 0. The molecule has 0 unspecified atom stereocenters. The van der Waals surface area contributed by atoms with Crippen molar-refractivity contribution in [1.82, 2.24) is 0 Å². The van der Waals surface area contributed by atoms with E-state index >= 15 is 0 Å². The summed E-state index contributed by atoms with van der Waals surface area (Å²) in [4.78, 5) is 0. The number of aliphatic hydroxyl groups excluding tert-OH is 10. The third-order valence-electron chi connectivity index (χ3n) is 19.4. The Bertz CT molecular complexity index is 1850. The zero-order valence-electron chi connectivity index (χ0n) is 41.2. The number of rotatable bonds is 10. The standard InChI is InChI=1S/C50H80O20/c1-20-9-14-50(62-18-20)21(2)32-29(70-50)16-28-26-8-7-24-15-25(10-12-48(24,5)27(26)11-13-49(28,32)6)65-47-43(69-45-40(59)37(56)34(53)23(4)64-45)41(60)42(30(17-51)66-47)68-46-38(57)35(54)31(67-46)19-61-44-39(58)36(55)33(52)22(3)63-44/h7,20-23,25-47,51-60H,8-19H2,1-6H3/t20-,21+,22+,23+,25+,26-,27+,28+,29+,30-,31+,32+,33+,34+,35+,36-,37-,38-,39-,40-,41+,42-,43-,44-,45+,46+,47-,48+,49+,50-/m1/s1. The molecular weight excluding hydrogens is 921 g/mol. The predicted octanol–water partition coefficient (Wildman–Crippen LogP) is -0.295. The third-order valence-corrected chi connectivity index (χ3v) is 19.4. The van der Waals surface area contributed by atoms with Gasteiger partial charge in [-0.1, -0.05) is 39.3 Å². The van der Waals surface area contributed by atoms with Gasteiger partial charge in [-0.25, -0.2) is 0 Å². The topological polar surface area (TPSA) is 295 Å². The monoisotopic (exact) mass is 1000 g/mol. The first kappa shape index (κ1) is 52.4. The molecule has 0 aromatic rings. The molecule has 10 N–H and O–H groups in total. The van der Waals surface area contributed by atoms with E-state index in [0.717, 1.165) is 51.6 Å². The maximum Gasteiger partial charge on any atom is 0.187 e. The summed E-state index contributed by atoms with van der Waals surface area (Å²) in [6.07, 6.45) is -17.2. The van der Waals surface area contributed by atoms with Gasteiger partial charge >= 0.3 is 0 Å². The van der Waals surface area contributed by atoms with Gasteiger partial charge in [0, 0.05) is 12.3 Å². The molecule has 6 aliphatic heterocycles. The molecule has 3 saturated carbocycles. The largest absolute Gasteiger partial charge is 0.394 e. The summed E-state index contributed by atoms with van der Waals surface area (Å²) in [6.45, 7) is 12.1. The molecule has 20 heteroatoms. The van der Waals surface area contributed by atoms with Crippen LogP contribution in [0.25, 0.3) is 0 Å². The molecule has 0 amide bonds. The van der Waals surface area contributed by atoms with Gasteiger partial charge in [0.05, 0.1) is 44.2 Å². The van der Waals surface area contributed by atoms with Crippen molar-refractivity contribution >= 4 is 0 Å². The molecule has 0 aromatic heterocycles. The van der Waals surface area contributed by atoms with Gasteiger partial charge in [0.15, 0.2) is 30.9 Å². The highest BCUT2D eigenvalue weighted by atomic mass is 16.8. The van der Waals surface area contributed by atoms with Gasteiger partial charge in [0.25, 0.3) is 0 Å². The normalized spacial score (nSPS) is 57.8. The van der Waals surface area contributed by atoms with E-state index in [1.807, 2.05) is 0 Å². The van der Waals surface area contributed by atoms with Crippen molar-refractivity contribution in [3.63, 3.8) is 0 Å². The van der Waals surface area contributed by atoms with E-state index in [9.17, 15) is 51.1 Å². The minimum absolute atomic E-state index is 0.0539. The molecule has 4 aliphatic carbocycles. The zero-order valence-corrected chi connectivity index (χ0v) is 41.2. The van der Waals surface area contributed by atoms with Crippen LogP contribution in [0, 0.1) is 46.3 Å². The zero-order chi connectivity index (χ0) is 49.9. The Morgan fingerprint density at radius 3 is 1.96 bits per heavy atom. The average molecular weight is 1000 g/mol. The van der Waals surface area contributed by atoms with Crippen LogP contribution < -0.4 is 0 Å². The van der Waals surface area contributed by atoms with Crippen LogP contribution >= 0.6 is 0 Å². The van der Waals surface area contributed by atoms with Crippen molar-refractivity contribution < 1.29 is 98.4 Å². The predicted molar refractivity (Wildman–Crippen MR) is 239 cm³/mol. The van der Waals surface area contributed by atoms with Crippen LogP contribution in [-0.2, 0) is 47.4 Å². The minimum Gasteiger partial charge on any atom is -0.394 e. The van der Waals surface area contributed by atoms with Gasteiger partial charge in [-0.3, -0.25) is 0 Å². The van der Waals surface area contributed by atoms with E-state index in [4.69, 9.17) is 47.4 Å². The van der Waals surface area contributed by atoms with E-state index in [1.165, 1.54) is 19.4 Å². The number of aliphatic hydroxyl groups is 10. The van der Waals surface area contributed by atoms with Gasteiger partial charge in [-0.15, -0.1) is 0 Å². The Morgan fingerprint density at radius 1 is 0.629 bits per heavy atom. The maximum absolute atomic E-state index is 12.2. The van der Waals surface area contributed by atoms with E-state index in [-0.39, 0.29) is 16.9 Å². The Balaban J connectivity index is 0.827. The average Bonchev–Trinajstić information content (AvgIpc) is 3.90. The van der Waals surface area contributed by atoms with Crippen LogP contribution in [0.1, 0.15) is 99.3 Å². The SMILES string of the molecule is C[C@@H]1CC[C@@]2(OC1)O[C@H]1C[C@H]3[C@@H]4CC=C5C[C@@H](O[C@@H]6O[C@H](CO)[C@@H](O[C@@H]7O[C@@H](CO[C@@H]8O[C@@H](C)[C@H](O)[C@@H](O)[C@H]8O)[C@H](O)[C@H]7O)[C@H](O)[C@H]6O[C@@H]6O[C@@H](C)[C@H](O)[C@@H](O)[C@H]6O)CC[C@]5(C)[C@H]4CC[C@]3(C)[C@H]1[C@@H]2C. The second kappa shape index (κ2) is 19.8. The Kier molecular flexibility index (Phi) is 14.8. The number of ether oxygens (including phenoxy) is 10. The van der Waals surface area contributed by atoms with Crippen LogP contribution in [0.5, 0.6) is 0 Å². The minimum atomic E-state index is -1.75. The lowest BCUT2D eigenvalue weighted by molar-refractivity contribution is -0.380. The lowest BCUT2D eigenvalue weighted by Gasteiger charge is -2.58. The summed E-state index contributed by atoms with van der Waals surface area (Å²) in [7, 11) is 0. The molecule has 10 aliphatic rings. The van der Waals surface area contributed by atoms with Gasteiger partial charge < -0.3 is 98.4 Å². The first-order valence-electron chi connectivity index (χ1n) is 26.1. The van der Waals surface area contributed by atoms with Crippen LogP contribution in [0.15, 0.2) is 11.6 Å². The van der Waals surface area contributed by atoms with Crippen molar-refractivity contribution in [3.8, 4) is 0 Å². The number of allylic oxidation sites excluding steroid dienone is 1. The van der Waals surface area contributed by atoms with Gasteiger partial charge in [0.2, 0.25) is 0 Å². The molecule has 10 rings (SSSR count). The van der Waals surface area contributed by atoms with E-state index < -0.39 is 142 Å². The fourth-order valence-electron chi connectivity index (χ4n) is 15.2. The smallest absolute Gasteiger partial charge is 0.187 e. The Hall–Kier alpha value is -1.06. The Morgan fingerprint density at radius 2 is 1.27 bits per heavy atom. The third kappa shape index (κ3) is 8.79. The molecule has 20 nitrogen and oxygen atoms in total. The molecule has 6 heterocycles. The molecule has 0 radical (unpaired) electrons. The van der Waals surface area contributed by atoms with Crippen LogP contribution in [0.4, 0.5) is 0 Å². The van der Waals surface area contributed by atoms with Crippen molar-refractivity contribution in [2.45, 2.75) is 234 Å². The van der Waals surface area contributed by atoms with Crippen molar-refractivity contribution in [1.29, 1.82) is 0 Å². The second-order valence-corrected chi connectivity index (χ2v) is 23.4. The molecule has 30 atom stereocenters. The molecule has 1 spiro atoms. The summed E-state index contributed by atoms with van der Waals surface area (Å²) < 4.78 is 61.7. The van der Waals surface area contributed by atoms with E-state index in [0.29, 0.717) is 48.3 Å². The lowest BCUT2D eigenvalue weighted by atomic mass is 9.47. The molecule has 6 saturated heterocycles.